The van der Waals surface area contributed by atoms with Crippen molar-refractivity contribution in [2.75, 3.05) is 26.5 Å². The summed E-state index contributed by atoms with van der Waals surface area (Å²) in [6, 6.07) is 6.21. The highest BCUT2D eigenvalue weighted by Crippen LogP contribution is 2.47. The molecule has 0 radical (unpaired) electrons. The van der Waals surface area contributed by atoms with Crippen LogP contribution in [0.2, 0.25) is 0 Å². The van der Waals surface area contributed by atoms with E-state index < -0.39 is 21.2 Å². The Kier molecular flexibility index (Phi) is 5.17. The average Bonchev–Trinajstić information content (AvgIpc) is 3.32. The molecule has 1 fully saturated rings. The van der Waals surface area contributed by atoms with E-state index in [0.29, 0.717) is 38.2 Å². The number of aliphatic carboxylic acids is 1. The normalized spacial score (nSPS) is 15.6. The zero-order valence-electron chi connectivity index (χ0n) is 13.7. The SMILES string of the molecule is CN(CCCOc1cccc(S(C)(=O)=O)c1)C(=O)C1(C(=O)O)CC1. The van der Waals surface area contributed by atoms with Crippen LogP contribution in [0.5, 0.6) is 5.75 Å². The summed E-state index contributed by atoms with van der Waals surface area (Å²) in [6.07, 6.45) is 2.42. The molecule has 8 heteroatoms. The first-order valence-electron chi connectivity index (χ1n) is 7.59. The van der Waals surface area contributed by atoms with Crippen molar-refractivity contribution in [1.29, 1.82) is 0 Å². The van der Waals surface area contributed by atoms with Crippen molar-refractivity contribution in [3.8, 4) is 5.75 Å². The molecule has 1 aromatic rings. The first-order chi connectivity index (χ1) is 11.2. The van der Waals surface area contributed by atoms with Crippen LogP contribution in [0.25, 0.3) is 0 Å². The van der Waals surface area contributed by atoms with E-state index in [2.05, 4.69) is 0 Å². The molecule has 0 heterocycles. The van der Waals surface area contributed by atoms with Crippen molar-refractivity contribution >= 4 is 21.7 Å². The molecule has 0 unspecified atom stereocenters. The summed E-state index contributed by atoms with van der Waals surface area (Å²) in [5.74, 6) is -0.988. The lowest BCUT2D eigenvalue weighted by molar-refractivity contribution is -0.152. The minimum Gasteiger partial charge on any atom is -0.493 e. The van der Waals surface area contributed by atoms with Crippen LogP contribution in [0, 0.1) is 5.41 Å². The number of carbonyl (C=O) groups is 2. The molecular formula is C16H21NO6S. The van der Waals surface area contributed by atoms with E-state index in [1.807, 2.05) is 0 Å². The number of carbonyl (C=O) groups excluding carboxylic acids is 1. The molecule has 1 aliphatic rings. The number of ether oxygens (including phenoxy) is 1. The largest absolute Gasteiger partial charge is 0.493 e. The summed E-state index contributed by atoms with van der Waals surface area (Å²) in [4.78, 5) is 24.9. The lowest BCUT2D eigenvalue weighted by Gasteiger charge is -2.21. The van der Waals surface area contributed by atoms with Crippen LogP contribution >= 0.6 is 0 Å². The van der Waals surface area contributed by atoms with E-state index in [1.165, 1.54) is 17.0 Å². The Balaban J connectivity index is 1.81. The number of sulfone groups is 1. The fraction of sp³-hybridized carbons (Fsp3) is 0.500. The van der Waals surface area contributed by atoms with Gasteiger partial charge in [0.05, 0.1) is 11.5 Å². The first-order valence-corrected chi connectivity index (χ1v) is 9.48. The summed E-state index contributed by atoms with van der Waals surface area (Å²) >= 11 is 0. The van der Waals surface area contributed by atoms with Crippen molar-refractivity contribution < 1.29 is 27.9 Å². The average molecular weight is 355 g/mol. The van der Waals surface area contributed by atoms with Gasteiger partial charge in [-0.2, -0.15) is 0 Å². The number of hydrogen-bond donors (Lipinski definition) is 1. The summed E-state index contributed by atoms with van der Waals surface area (Å²) in [5.41, 5.74) is -1.22. The number of rotatable bonds is 8. The Hall–Kier alpha value is -2.09. The summed E-state index contributed by atoms with van der Waals surface area (Å²) in [5, 5.41) is 9.11. The molecule has 7 nitrogen and oxygen atoms in total. The molecular weight excluding hydrogens is 334 g/mol. The smallest absolute Gasteiger partial charge is 0.319 e. The number of amides is 1. The van der Waals surface area contributed by atoms with Crippen LogP contribution in [0.4, 0.5) is 0 Å². The van der Waals surface area contributed by atoms with Gasteiger partial charge in [0.15, 0.2) is 9.84 Å². The van der Waals surface area contributed by atoms with Crippen molar-refractivity contribution in [3.63, 3.8) is 0 Å². The van der Waals surface area contributed by atoms with Crippen molar-refractivity contribution in [3.05, 3.63) is 24.3 Å². The molecule has 24 heavy (non-hydrogen) atoms. The number of carboxylic acids is 1. The predicted molar refractivity (Wildman–Crippen MR) is 86.6 cm³/mol. The number of nitrogens with zero attached hydrogens (tertiary/aromatic N) is 1. The van der Waals surface area contributed by atoms with Gasteiger partial charge in [0.25, 0.3) is 0 Å². The fourth-order valence-electron chi connectivity index (χ4n) is 2.40. The minimum atomic E-state index is -3.29. The highest BCUT2D eigenvalue weighted by molar-refractivity contribution is 7.90. The minimum absolute atomic E-state index is 0.185. The van der Waals surface area contributed by atoms with Gasteiger partial charge in [-0.05, 0) is 37.5 Å². The Morgan fingerprint density at radius 3 is 2.54 bits per heavy atom. The van der Waals surface area contributed by atoms with Gasteiger partial charge < -0.3 is 14.7 Å². The molecule has 0 spiro atoms. The van der Waals surface area contributed by atoms with E-state index in [1.54, 1.807) is 19.2 Å². The molecule has 0 aromatic heterocycles. The van der Waals surface area contributed by atoms with Crippen LogP contribution in [0.1, 0.15) is 19.3 Å². The Morgan fingerprint density at radius 2 is 2.00 bits per heavy atom. The van der Waals surface area contributed by atoms with Crippen LogP contribution in [-0.2, 0) is 19.4 Å². The van der Waals surface area contributed by atoms with Gasteiger partial charge in [-0.15, -0.1) is 0 Å². The molecule has 1 saturated carbocycles. The molecule has 0 atom stereocenters. The molecule has 1 aliphatic carbocycles. The van der Waals surface area contributed by atoms with E-state index >= 15 is 0 Å². The second-order valence-corrected chi connectivity index (χ2v) is 8.08. The summed E-state index contributed by atoms with van der Waals surface area (Å²) < 4.78 is 28.5. The molecule has 1 amide bonds. The maximum absolute atomic E-state index is 12.1. The molecule has 2 rings (SSSR count). The zero-order valence-corrected chi connectivity index (χ0v) is 14.5. The Morgan fingerprint density at radius 1 is 1.33 bits per heavy atom. The van der Waals surface area contributed by atoms with E-state index in [9.17, 15) is 18.0 Å². The van der Waals surface area contributed by atoms with Gasteiger partial charge in [-0.25, -0.2) is 8.42 Å². The standard InChI is InChI=1S/C16H21NO6S/c1-17(14(18)16(7-8-16)15(19)20)9-4-10-23-12-5-3-6-13(11-12)24(2,21)22/h3,5-6,11H,4,7-10H2,1-2H3,(H,19,20). The second-order valence-electron chi connectivity index (χ2n) is 6.06. The monoisotopic (exact) mass is 355 g/mol. The third kappa shape index (κ3) is 4.05. The van der Waals surface area contributed by atoms with Crippen LogP contribution in [-0.4, -0.2) is 56.8 Å². The Labute approximate surface area is 141 Å². The quantitative estimate of drug-likeness (QED) is 0.555. The van der Waals surface area contributed by atoms with E-state index in [0.717, 1.165) is 6.26 Å². The molecule has 132 valence electrons. The maximum Gasteiger partial charge on any atom is 0.319 e. The number of benzene rings is 1. The van der Waals surface area contributed by atoms with Gasteiger partial charge in [0.1, 0.15) is 11.2 Å². The van der Waals surface area contributed by atoms with Gasteiger partial charge in [-0.1, -0.05) is 6.07 Å². The topological polar surface area (TPSA) is 101 Å². The second kappa shape index (κ2) is 6.80. The van der Waals surface area contributed by atoms with Crippen molar-refractivity contribution in [2.24, 2.45) is 5.41 Å². The fourth-order valence-corrected chi connectivity index (χ4v) is 3.05. The number of hydrogen-bond acceptors (Lipinski definition) is 5. The molecule has 0 bridgehead atoms. The highest BCUT2D eigenvalue weighted by atomic mass is 32.2. The highest BCUT2D eigenvalue weighted by Gasteiger charge is 2.58. The van der Waals surface area contributed by atoms with E-state index in [-0.39, 0.29) is 10.8 Å². The lowest BCUT2D eigenvalue weighted by atomic mass is 10.1. The maximum atomic E-state index is 12.1. The van der Waals surface area contributed by atoms with Gasteiger partial charge in [-0.3, -0.25) is 9.59 Å². The number of carboxylic acid groups (broad SMARTS) is 1. The first kappa shape index (κ1) is 18.3. The van der Waals surface area contributed by atoms with Gasteiger partial charge >= 0.3 is 5.97 Å². The molecule has 1 aromatic carbocycles. The Bertz CT molecular complexity index is 739. The van der Waals surface area contributed by atoms with Crippen LogP contribution in [0.3, 0.4) is 0 Å². The summed E-state index contributed by atoms with van der Waals surface area (Å²) in [6.45, 7) is 0.671. The van der Waals surface area contributed by atoms with Gasteiger partial charge in [0, 0.05) is 19.8 Å². The predicted octanol–water partition coefficient (Wildman–Crippen LogP) is 1.18. The molecule has 0 saturated heterocycles. The zero-order chi connectivity index (χ0) is 18.0. The van der Waals surface area contributed by atoms with E-state index in [4.69, 9.17) is 9.84 Å². The summed E-state index contributed by atoms with van der Waals surface area (Å²) in [7, 11) is -1.71. The van der Waals surface area contributed by atoms with Crippen molar-refractivity contribution in [1.82, 2.24) is 4.90 Å². The molecule has 0 aliphatic heterocycles. The third-order valence-electron chi connectivity index (χ3n) is 4.06. The van der Waals surface area contributed by atoms with Crippen LogP contribution in [0.15, 0.2) is 29.2 Å². The van der Waals surface area contributed by atoms with Gasteiger partial charge in [0.2, 0.25) is 5.91 Å². The lowest BCUT2D eigenvalue weighted by Crippen LogP contribution is -2.39. The van der Waals surface area contributed by atoms with Crippen molar-refractivity contribution in [2.45, 2.75) is 24.2 Å². The molecule has 1 N–H and O–H groups in total. The van der Waals surface area contributed by atoms with Crippen LogP contribution < -0.4 is 4.74 Å². The third-order valence-corrected chi connectivity index (χ3v) is 5.17.